The molecule has 0 saturated heterocycles. The maximum absolute atomic E-state index is 5.83. The third-order valence-electron chi connectivity index (χ3n) is 2.84. The highest BCUT2D eigenvalue weighted by molar-refractivity contribution is 5.63. The molecule has 0 saturated carbocycles. The lowest BCUT2D eigenvalue weighted by atomic mass is 10.0. The number of pyridine rings is 1. The predicted molar refractivity (Wildman–Crippen MR) is 60.7 cm³/mol. The molecule has 2 aromatic heterocycles. The number of anilines is 1. The maximum atomic E-state index is 5.83. The Balaban J connectivity index is 2.58. The smallest absolute Gasteiger partial charge is 0.183 e. The quantitative estimate of drug-likeness (QED) is 0.834. The third-order valence-corrected chi connectivity index (χ3v) is 2.84. The zero-order chi connectivity index (χ0) is 10.8. The van der Waals surface area contributed by atoms with Crippen LogP contribution >= 0.6 is 0 Å². The monoisotopic (exact) mass is 204 g/mol. The number of nitrogen functional groups attached to an aromatic ring is 1. The molecular formula is C11H16N4. The van der Waals surface area contributed by atoms with Crippen LogP contribution in [0.5, 0.6) is 0 Å². The van der Waals surface area contributed by atoms with Crippen LogP contribution in [0.1, 0.15) is 38.4 Å². The Labute approximate surface area is 89.1 Å². The van der Waals surface area contributed by atoms with E-state index in [-0.39, 0.29) is 0 Å². The maximum Gasteiger partial charge on any atom is 0.183 e. The van der Waals surface area contributed by atoms with Gasteiger partial charge in [-0.15, -0.1) is 10.2 Å². The molecule has 0 radical (unpaired) electrons. The fraction of sp³-hybridized carbons (Fsp3) is 0.455. The topological polar surface area (TPSA) is 56.2 Å². The van der Waals surface area contributed by atoms with Gasteiger partial charge >= 0.3 is 0 Å². The van der Waals surface area contributed by atoms with Gasteiger partial charge in [0.15, 0.2) is 5.65 Å². The van der Waals surface area contributed by atoms with Gasteiger partial charge in [0.25, 0.3) is 0 Å². The van der Waals surface area contributed by atoms with Gasteiger partial charge in [-0.3, -0.25) is 4.40 Å². The van der Waals surface area contributed by atoms with Crippen LogP contribution in [0, 0.1) is 0 Å². The first-order valence-corrected chi connectivity index (χ1v) is 5.37. The Kier molecular flexibility index (Phi) is 2.58. The van der Waals surface area contributed by atoms with Crippen molar-refractivity contribution >= 4 is 11.3 Å². The van der Waals surface area contributed by atoms with Crippen LogP contribution in [0.2, 0.25) is 0 Å². The first-order valence-electron chi connectivity index (χ1n) is 5.37. The second kappa shape index (κ2) is 3.88. The van der Waals surface area contributed by atoms with Crippen molar-refractivity contribution in [2.75, 3.05) is 5.73 Å². The van der Waals surface area contributed by atoms with Gasteiger partial charge in [-0.25, -0.2) is 0 Å². The molecule has 2 rings (SSSR count). The van der Waals surface area contributed by atoms with E-state index >= 15 is 0 Å². The summed E-state index contributed by atoms with van der Waals surface area (Å²) in [5.74, 6) is 1.48. The van der Waals surface area contributed by atoms with Gasteiger partial charge < -0.3 is 5.73 Å². The number of aromatic nitrogens is 3. The molecule has 0 aromatic carbocycles. The molecule has 4 nitrogen and oxygen atoms in total. The first-order chi connectivity index (χ1) is 7.27. The van der Waals surface area contributed by atoms with Crippen molar-refractivity contribution in [1.82, 2.24) is 14.6 Å². The minimum atomic E-state index is 0.460. The Morgan fingerprint density at radius 3 is 2.73 bits per heavy atom. The van der Waals surface area contributed by atoms with E-state index in [1.807, 2.05) is 22.7 Å². The highest BCUT2D eigenvalue weighted by Gasteiger charge is 2.14. The van der Waals surface area contributed by atoms with Crippen LogP contribution in [0.25, 0.3) is 5.65 Å². The fourth-order valence-electron chi connectivity index (χ4n) is 1.89. The zero-order valence-corrected chi connectivity index (χ0v) is 9.14. The Hall–Kier alpha value is -1.58. The molecular weight excluding hydrogens is 188 g/mol. The van der Waals surface area contributed by atoms with E-state index in [0.717, 1.165) is 24.3 Å². The number of hydrogen-bond donors (Lipinski definition) is 1. The lowest BCUT2D eigenvalue weighted by Crippen LogP contribution is -2.02. The van der Waals surface area contributed by atoms with Gasteiger partial charge in [-0.05, 0) is 25.0 Å². The Bertz CT molecular complexity index is 457. The van der Waals surface area contributed by atoms with E-state index in [1.54, 1.807) is 0 Å². The van der Waals surface area contributed by atoms with E-state index in [0.29, 0.717) is 11.6 Å². The summed E-state index contributed by atoms with van der Waals surface area (Å²) in [5, 5.41) is 8.35. The van der Waals surface area contributed by atoms with Gasteiger partial charge in [-0.2, -0.15) is 0 Å². The third kappa shape index (κ3) is 1.56. The molecule has 0 aliphatic rings. The summed E-state index contributed by atoms with van der Waals surface area (Å²) in [7, 11) is 0. The molecule has 80 valence electrons. The number of rotatable bonds is 3. The van der Waals surface area contributed by atoms with E-state index in [9.17, 15) is 0 Å². The summed E-state index contributed by atoms with van der Waals surface area (Å²) in [6.07, 6.45) is 4.12. The van der Waals surface area contributed by atoms with Gasteiger partial charge in [0.2, 0.25) is 0 Å². The Morgan fingerprint density at radius 1 is 1.33 bits per heavy atom. The van der Waals surface area contributed by atoms with Crippen molar-refractivity contribution < 1.29 is 0 Å². The normalized spacial score (nSPS) is 11.4. The summed E-state index contributed by atoms with van der Waals surface area (Å²) in [4.78, 5) is 0. The number of nitrogens with two attached hydrogens (primary N) is 1. The van der Waals surface area contributed by atoms with Crippen LogP contribution in [0.3, 0.4) is 0 Å². The average Bonchev–Trinajstić information content (AvgIpc) is 2.66. The fourth-order valence-corrected chi connectivity index (χ4v) is 1.89. The van der Waals surface area contributed by atoms with Gasteiger partial charge in [0.1, 0.15) is 5.82 Å². The standard InChI is InChI=1S/C11H16N4/c1-3-8(4-2)10-13-14-11-9(12)6-5-7-15(10)11/h5-8H,3-4,12H2,1-2H3. The van der Waals surface area contributed by atoms with Gasteiger partial charge in [-0.1, -0.05) is 13.8 Å². The van der Waals surface area contributed by atoms with Crippen molar-refractivity contribution in [3.05, 3.63) is 24.2 Å². The molecule has 0 aliphatic heterocycles. The molecule has 2 heterocycles. The molecule has 0 amide bonds. The molecule has 15 heavy (non-hydrogen) atoms. The van der Waals surface area contributed by atoms with Crippen molar-refractivity contribution in [2.24, 2.45) is 0 Å². The van der Waals surface area contributed by atoms with E-state index in [4.69, 9.17) is 5.73 Å². The lowest BCUT2D eigenvalue weighted by Gasteiger charge is -2.09. The summed E-state index contributed by atoms with van der Waals surface area (Å²) in [6, 6.07) is 3.78. The lowest BCUT2D eigenvalue weighted by molar-refractivity contribution is 0.595. The summed E-state index contributed by atoms with van der Waals surface area (Å²) in [6.45, 7) is 4.34. The number of fused-ring (bicyclic) bond motifs is 1. The molecule has 2 N–H and O–H groups in total. The largest absolute Gasteiger partial charge is 0.396 e. The van der Waals surface area contributed by atoms with E-state index in [1.165, 1.54) is 0 Å². The molecule has 0 spiro atoms. The highest BCUT2D eigenvalue weighted by Crippen LogP contribution is 2.23. The van der Waals surface area contributed by atoms with Gasteiger partial charge in [0.05, 0.1) is 5.69 Å². The average molecular weight is 204 g/mol. The van der Waals surface area contributed by atoms with Crippen LogP contribution in [0.4, 0.5) is 5.69 Å². The van der Waals surface area contributed by atoms with E-state index in [2.05, 4.69) is 24.0 Å². The summed E-state index contributed by atoms with van der Waals surface area (Å²) in [5.41, 5.74) is 7.28. The number of nitrogens with zero attached hydrogens (tertiary/aromatic N) is 3. The highest BCUT2D eigenvalue weighted by atomic mass is 15.3. The van der Waals surface area contributed by atoms with E-state index < -0.39 is 0 Å². The molecule has 0 unspecified atom stereocenters. The van der Waals surface area contributed by atoms with Crippen molar-refractivity contribution in [3.63, 3.8) is 0 Å². The van der Waals surface area contributed by atoms with Crippen molar-refractivity contribution in [3.8, 4) is 0 Å². The van der Waals surface area contributed by atoms with Gasteiger partial charge in [0, 0.05) is 12.1 Å². The minimum Gasteiger partial charge on any atom is -0.396 e. The molecule has 0 fully saturated rings. The zero-order valence-electron chi connectivity index (χ0n) is 9.14. The molecule has 2 aromatic rings. The van der Waals surface area contributed by atoms with Crippen LogP contribution in [0.15, 0.2) is 18.3 Å². The van der Waals surface area contributed by atoms with Crippen molar-refractivity contribution in [2.45, 2.75) is 32.6 Å². The Morgan fingerprint density at radius 2 is 2.07 bits per heavy atom. The SMILES string of the molecule is CCC(CC)c1nnc2c(N)cccn12. The molecule has 0 atom stereocenters. The van der Waals surface area contributed by atoms with Crippen LogP contribution in [-0.2, 0) is 0 Å². The summed E-state index contributed by atoms with van der Waals surface area (Å²) < 4.78 is 1.99. The predicted octanol–water partition coefficient (Wildman–Crippen LogP) is 2.22. The summed E-state index contributed by atoms with van der Waals surface area (Å²) >= 11 is 0. The molecule has 0 bridgehead atoms. The molecule has 0 aliphatic carbocycles. The minimum absolute atomic E-state index is 0.460. The second-order valence-electron chi connectivity index (χ2n) is 3.73. The van der Waals surface area contributed by atoms with Crippen LogP contribution in [-0.4, -0.2) is 14.6 Å². The first kappa shape index (κ1) is 9.96. The van der Waals surface area contributed by atoms with Crippen molar-refractivity contribution in [1.29, 1.82) is 0 Å². The second-order valence-corrected chi connectivity index (χ2v) is 3.73. The van der Waals surface area contributed by atoms with Crippen LogP contribution < -0.4 is 5.73 Å². The molecule has 4 heteroatoms. The number of hydrogen-bond acceptors (Lipinski definition) is 3.